The fourth-order valence-corrected chi connectivity index (χ4v) is 3.23. The molecule has 0 saturated carbocycles. The highest BCUT2D eigenvalue weighted by atomic mass is 31.2. The van der Waals surface area contributed by atoms with E-state index in [2.05, 4.69) is 45.4 Å². The Labute approximate surface area is 113 Å². The first kappa shape index (κ1) is 17.8. The van der Waals surface area contributed by atoms with Gasteiger partial charge in [-0.1, -0.05) is 13.3 Å². The Bertz CT molecular complexity index is 234. The predicted molar refractivity (Wildman–Crippen MR) is 76.1 cm³/mol. The molecule has 0 aliphatic carbocycles. The molecule has 0 aromatic heterocycles. The molecule has 18 heavy (non-hydrogen) atoms. The van der Waals surface area contributed by atoms with Crippen molar-refractivity contribution in [2.24, 2.45) is 0 Å². The molecule has 0 saturated heterocycles. The number of rotatable bonds is 10. The van der Waals surface area contributed by atoms with E-state index in [1.54, 1.807) is 0 Å². The minimum Gasteiger partial charge on any atom is -0.322 e. The molecule has 0 rings (SSSR count). The number of unbranched alkanes of at least 4 members (excludes halogenated alkanes) is 1. The van der Waals surface area contributed by atoms with E-state index in [1.807, 2.05) is 0 Å². The number of hydrogen-bond donors (Lipinski definition) is 0. The van der Waals surface area contributed by atoms with Crippen molar-refractivity contribution in [1.82, 2.24) is 4.67 Å². The molecule has 0 aromatic carbocycles. The van der Waals surface area contributed by atoms with Crippen LogP contribution in [0.1, 0.15) is 53.9 Å². The van der Waals surface area contributed by atoms with Crippen molar-refractivity contribution < 1.29 is 9.05 Å². The summed E-state index contributed by atoms with van der Waals surface area (Å²) in [5, 5.41) is 8.57. The van der Waals surface area contributed by atoms with Crippen molar-refractivity contribution in [2.45, 2.75) is 66.0 Å². The average Bonchev–Trinajstić information content (AvgIpc) is 2.28. The van der Waals surface area contributed by atoms with E-state index in [-0.39, 0.29) is 0 Å². The Kier molecular flexibility index (Phi) is 10.6. The van der Waals surface area contributed by atoms with Gasteiger partial charge < -0.3 is 9.05 Å². The lowest BCUT2D eigenvalue weighted by atomic mass is 10.3. The monoisotopic (exact) mass is 274 g/mol. The summed E-state index contributed by atoms with van der Waals surface area (Å²) in [7, 11) is -1.04. The second kappa shape index (κ2) is 10.7. The van der Waals surface area contributed by atoms with Gasteiger partial charge in [0.1, 0.15) is 0 Å². The smallest absolute Gasteiger partial charge is 0.259 e. The predicted octanol–water partition coefficient (Wildman–Crippen LogP) is 4.08. The summed E-state index contributed by atoms with van der Waals surface area (Å²) in [6.07, 6.45) is 2.58. The molecule has 4 nitrogen and oxygen atoms in total. The minimum atomic E-state index is -1.04. The summed E-state index contributed by atoms with van der Waals surface area (Å²) < 4.78 is 13.9. The number of hydrogen-bond acceptors (Lipinski definition) is 4. The lowest BCUT2D eigenvalue weighted by Gasteiger charge is -2.35. The Balaban J connectivity index is 4.44. The van der Waals surface area contributed by atoms with Crippen LogP contribution in [0, 0.1) is 11.3 Å². The molecule has 0 aromatic rings. The second-order valence-corrected chi connectivity index (χ2v) is 6.19. The van der Waals surface area contributed by atoms with Crippen LogP contribution >= 0.6 is 8.53 Å². The molecule has 0 bridgehead atoms. The van der Waals surface area contributed by atoms with E-state index in [0.717, 1.165) is 19.4 Å². The van der Waals surface area contributed by atoms with Crippen LogP contribution in [0.15, 0.2) is 0 Å². The average molecular weight is 274 g/mol. The largest absolute Gasteiger partial charge is 0.322 e. The molecular formula is C13H27N2O2P. The van der Waals surface area contributed by atoms with Gasteiger partial charge in [0.05, 0.1) is 25.7 Å². The molecular weight excluding hydrogens is 247 g/mol. The van der Waals surface area contributed by atoms with E-state index < -0.39 is 8.53 Å². The van der Waals surface area contributed by atoms with Gasteiger partial charge in [-0.15, -0.1) is 0 Å². The highest BCUT2D eigenvalue weighted by Crippen LogP contribution is 2.45. The van der Waals surface area contributed by atoms with Gasteiger partial charge in [0.25, 0.3) is 8.53 Å². The van der Waals surface area contributed by atoms with Gasteiger partial charge in [-0.2, -0.15) is 5.26 Å². The molecule has 0 heterocycles. The molecule has 0 spiro atoms. The van der Waals surface area contributed by atoms with E-state index >= 15 is 0 Å². The standard InChI is InChI=1S/C13H27N2O2P/c1-6-7-10-16-18(17-11-8-9-14)15(12(2)3)13(4)5/h12-13H,6-8,10-11H2,1-5H3. The van der Waals surface area contributed by atoms with Crippen molar-refractivity contribution in [3.8, 4) is 6.07 Å². The fourth-order valence-electron chi connectivity index (χ4n) is 1.60. The first-order valence-electron chi connectivity index (χ1n) is 6.75. The van der Waals surface area contributed by atoms with Crippen LogP contribution in [0.2, 0.25) is 0 Å². The third-order valence-corrected chi connectivity index (χ3v) is 4.47. The molecule has 0 amide bonds. The van der Waals surface area contributed by atoms with Gasteiger partial charge in [-0.25, -0.2) is 4.67 Å². The normalized spacial score (nSPS) is 13.3. The van der Waals surface area contributed by atoms with Gasteiger partial charge in [-0.3, -0.25) is 0 Å². The maximum Gasteiger partial charge on any atom is 0.259 e. The summed E-state index contributed by atoms with van der Waals surface area (Å²) in [6.45, 7) is 11.9. The SMILES string of the molecule is CCCCOP(OCCC#N)N(C(C)C)C(C)C. The second-order valence-electron chi connectivity index (χ2n) is 4.73. The minimum absolute atomic E-state index is 0.375. The molecule has 1 atom stereocenters. The maximum atomic E-state index is 8.57. The third-order valence-electron chi connectivity index (χ3n) is 2.36. The van der Waals surface area contributed by atoms with Gasteiger partial charge in [0, 0.05) is 12.1 Å². The summed E-state index contributed by atoms with van der Waals surface area (Å²) >= 11 is 0. The van der Waals surface area contributed by atoms with E-state index in [4.69, 9.17) is 14.3 Å². The molecule has 1 unspecified atom stereocenters. The lowest BCUT2D eigenvalue weighted by molar-refractivity contribution is 0.175. The van der Waals surface area contributed by atoms with Gasteiger partial charge in [-0.05, 0) is 34.1 Å². The third kappa shape index (κ3) is 7.28. The summed E-state index contributed by atoms with van der Waals surface area (Å²) in [6, 6.07) is 2.85. The molecule has 0 fully saturated rings. The lowest BCUT2D eigenvalue weighted by Crippen LogP contribution is -2.33. The Morgan fingerprint density at radius 1 is 1.11 bits per heavy atom. The molecule has 0 aliphatic rings. The van der Waals surface area contributed by atoms with Crippen LogP contribution < -0.4 is 0 Å². The van der Waals surface area contributed by atoms with Crippen LogP contribution in [0.3, 0.4) is 0 Å². The first-order valence-corrected chi connectivity index (χ1v) is 7.88. The topological polar surface area (TPSA) is 45.5 Å². The molecule has 0 N–H and O–H groups in total. The Hall–Kier alpha value is -0.200. The van der Waals surface area contributed by atoms with Crippen LogP contribution in [-0.4, -0.2) is 30.0 Å². The maximum absolute atomic E-state index is 8.57. The van der Waals surface area contributed by atoms with E-state index in [0.29, 0.717) is 25.1 Å². The number of nitriles is 1. The summed E-state index contributed by atoms with van der Waals surface area (Å²) in [5.74, 6) is 0. The van der Waals surface area contributed by atoms with Crippen molar-refractivity contribution >= 4 is 8.53 Å². The van der Waals surface area contributed by atoms with Crippen molar-refractivity contribution in [3.05, 3.63) is 0 Å². The molecule has 106 valence electrons. The van der Waals surface area contributed by atoms with Crippen LogP contribution in [0.4, 0.5) is 0 Å². The van der Waals surface area contributed by atoms with Crippen LogP contribution in [-0.2, 0) is 9.05 Å². The molecule has 5 heteroatoms. The van der Waals surface area contributed by atoms with Gasteiger partial charge in [0.15, 0.2) is 0 Å². The zero-order valence-corrected chi connectivity index (χ0v) is 13.2. The quantitative estimate of drug-likeness (QED) is 0.445. The zero-order valence-electron chi connectivity index (χ0n) is 12.3. The molecule has 0 aliphatic heterocycles. The van der Waals surface area contributed by atoms with Crippen molar-refractivity contribution in [3.63, 3.8) is 0 Å². The van der Waals surface area contributed by atoms with Gasteiger partial charge in [0.2, 0.25) is 0 Å². The number of nitrogens with zero attached hydrogens (tertiary/aromatic N) is 2. The van der Waals surface area contributed by atoms with Crippen molar-refractivity contribution in [1.29, 1.82) is 5.26 Å². The Morgan fingerprint density at radius 2 is 1.67 bits per heavy atom. The van der Waals surface area contributed by atoms with E-state index in [9.17, 15) is 0 Å². The zero-order chi connectivity index (χ0) is 14.0. The van der Waals surface area contributed by atoms with Gasteiger partial charge >= 0.3 is 0 Å². The van der Waals surface area contributed by atoms with Crippen LogP contribution in [0.25, 0.3) is 0 Å². The first-order chi connectivity index (χ1) is 8.54. The van der Waals surface area contributed by atoms with Crippen LogP contribution in [0.5, 0.6) is 0 Å². The van der Waals surface area contributed by atoms with Crippen molar-refractivity contribution in [2.75, 3.05) is 13.2 Å². The summed E-state index contributed by atoms with van der Waals surface area (Å²) in [4.78, 5) is 0. The Morgan fingerprint density at radius 3 is 2.11 bits per heavy atom. The molecule has 0 radical (unpaired) electrons. The van der Waals surface area contributed by atoms with E-state index in [1.165, 1.54) is 0 Å². The summed E-state index contributed by atoms with van der Waals surface area (Å²) in [5.41, 5.74) is 0. The highest BCUT2D eigenvalue weighted by Gasteiger charge is 2.26. The highest BCUT2D eigenvalue weighted by molar-refractivity contribution is 7.44. The fraction of sp³-hybridized carbons (Fsp3) is 0.923.